The number of benzene rings is 1. The van der Waals surface area contributed by atoms with Gasteiger partial charge in [0.25, 0.3) is 0 Å². The van der Waals surface area contributed by atoms with E-state index < -0.39 is 0 Å². The van der Waals surface area contributed by atoms with Gasteiger partial charge in [0, 0.05) is 19.0 Å². The van der Waals surface area contributed by atoms with E-state index >= 15 is 0 Å². The second-order valence-electron chi connectivity index (χ2n) is 5.37. The summed E-state index contributed by atoms with van der Waals surface area (Å²) in [5.41, 5.74) is 0.970. The number of carbonyl (C=O) groups is 2. The molecular weight excluding hydrogens is 282 g/mol. The first-order valence-corrected chi connectivity index (χ1v) is 7.83. The van der Waals surface area contributed by atoms with Crippen LogP contribution in [0.5, 0.6) is 0 Å². The first-order valence-electron chi connectivity index (χ1n) is 7.83. The average molecular weight is 305 g/mol. The normalized spacial score (nSPS) is 17.3. The fourth-order valence-corrected chi connectivity index (χ4v) is 2.70. The summed E-state index contributed by atoms with van der Waals surface area (Å²) in [6.07, 6.45) is 2.56. The number of nitrogens with zero attached hydrogens (tertiary/aromatic N) is 1. The Morgan fingerprint density at radius 2 is 2.00 bits per heavy atom. The number of hydrogen-bond donors (Lipinski definition) is 0. The molecule has 120 valence electrons. The first kappa shape index (κ1) is 16.3. The van der Waals surface area contributed by atoms with E-state index in [1.807, 2.05) is 30.3 Å². The van der Waals surface area contributed by atoms with Gasteiger partial charge in [-0.1, -0.05) is 30.3 Å². The Bertz CT molecular complexity index is 489. The fraction of sp³-hybridized carbons (Fsp3) is 0.529. The van der Waals surface area contributed by atoms with Gasteiger partial charge >= 0.3 is 12.1 Å². The van der Waals surface area contributed by atoms with Gasteiger partial charge in [-0.15, -0.1) is 0 Å². The number of amides is 1. The van der Waals surface area contributed by atoms with Crippen molar-refractivity contribution in [2.75, 3.05) is 13.2 Å². The molecule has 0 radical (unpaired) electrons. The van der Waals surface area contributed by atoms with Crippen molar-refractivity contribution in [1.82, 2.24) is 4.90 Å². The number of ether oxygens (including phenoxy) is 2. The molecule has 1 aromatic carbocycles. The standard InChI is InChI=1S/C17H23NO4/c1-2-21-16(19)11-10-15-9-6-12-18(15)17(20)22-13-14-7-4-3-5-8-14/h3-5,7-8,15H,2,6,9-13H2,1H3/t15-/m0/s1. The minimum Gasteiger partial charge on any atom is -0.466 e. The molecule has 0 spiro atoms. The maximum atomic E-state index is 12.2. The lowest BCUT2D eigenvalue weighted by molar-refractivity contribution is -0.143. The van der Waals surface area contributed by atoms with E-state index in [-0.39, 0.29) is 24.7 Å². The van der Waals surface area contributed by atoms with Crippen molar-refractivity contribution in [2.24, 2.45) is 0 Å². The van der Waals surface area contributed by atoms with E-state index in [1.54, 1.807) is 11.8 Å². The van der Waals surface area contributed by atoms with Gasteiger partial charge in [0.1, 0.15) is 6.61 Å². The molecule has 1 atom stereocenters. The highest BCUT2D eigenvalue weighted by Crippen LogP contribution is 2.22. The predicted molar refractivity (Wildman–Crippen MR) is 82.2 cm³/mol. The molecule has 1 saturated heterocycles. The van der Waals surface area contributed by atoms with Crippen LogP contribution in [0.4, 0.5) is 4.79 Å². The lowest BCUT2D eigenvalue weighted by Gasteiger charge is -2.23. The van der Waals surface area contributed by atoms with E-state index in [1.165, 1.54) is 0 Å². The van der Waals surface area contributed by atoms with Crippen LogP contribution in [-0.4, -0.2) is 36.2 Å². The fourth-order valence-electron chi connectivity index (χ4n) is 2.70. The maximum absolute atomic E-state index is 12.2. The van der Waals surface area contributed by atoms with E-state index in [0.29, 0.717) is 26.0 Å². The van der Waals surface area contributed by atoms with Gasteiger partial charge < -0.3 is 14.4 Å². The van der Waals surface area contributed by atoms with Crippen LogP contribution >= 0.6 is 0 Å². The highest BCUT2D eigenvalue weighted by molar-refractivity contribution is 5.70. The Hall–Kier alpha value is -2.04. The molecule has 2 rings (SSSR count). The van der Waals surface area contributed by atoms with Gasteiger partial charge in [0.05, 0.1) is 6.61 Å². The van der Waals surface area contributed by atoms with Crippen molar-refractivity contribution in [3.8, 4) is 0 Å². The SMILES string of the molecule is CCOC(=O)CC[C@@H]1CCCN1C(=O)OCc1ccccc1. The zero-order valence-electron chi connectivity index (χ0n) is 13.0. The number of rotatable bonds is 6. The molecule has 5 heteroatoms. The summed E-state index contributed by atoms with van der Waals surface area (Å²) in [5.74, 6) is -0.202. The molecule has 0 unspecified atom stereocenters. The second kappa shape index (κ2) is 8.41. The minimum atomic E-state index is -0.296. The Kier molecular flexibility index (Phi) is 6.25. The second-order valence-corrected chi connectivity index (χ2v) is 5.37. The van der Waals surface area contributed by atoms with Crippen LogP contribution in [0.25, 0.3) is 0 Å². The number of esters is 1. The summed E-state index contributed by atoms with van der Waals surface area (Å²) in [4.78, 5) is 25.4. The van der Waals surface area contributed by atoms with Crippen molar-refractivity contribution in [3.63, 3.8) is 0 Å². The molecule has 0 aromatic heterocycles. The molecule has 0 N–H and O–H groups in total. The molecule has 1 aliphatic heterocycles. The van der Waals surface area contributed by atoms with E-state index in [4.69, 9.17) is 9.47 Å². The molecular formula is C17H23NO4. The highest BCUT2D eigenvalue weighted by atomic mass is 16.6. The molecule has 1 aromatic rings. The monoisotopic (exact) mass is 305 g/mol. The minimum absolute atomic E-state index is 0.0766. The molecule has 0 saturated carbocycles. The largest absolute Gasteiger partial charge is 0.466 e. The summed E-state index contributed by atoms with van der Waals surface area (Å²) in [5, 5.41) is 0. The van der Waals surface area contributed by atoms with Gasteiger partial charge in [-0.3, -0.25) is 4.79 Å². The summed E-state index contributed by atoms with van der Waals surface area (Å²) in [7, 11) is 0. The van der Waals surface area contributed by atoms with Gasteiger partial charge in [-0.05, 0) is 31.7 Å². The van der Waals surface area contributed by atoms with Crippen molar-refractivity contribution >= 4 is 12.1 Å². The Balaban J connectivity index is 1.79. The number of likely N-dealkylation sites (tertiary alicyclic amines) is 1. The average Bonchev–Trinajstić information content (AvgIpc) is 3.00. The zero-order chi connectivity index (χ0) is 15.8. The van der Waals surface area contributed by atoms with Gasteiger partial charge in [-0.25, -0.2) is 4.79 Å². The van der Waals surface area contributed by atoms with Crippen LogP contribution in [0, 0.1) is 0 Å². The summed E-state index contributed by atoms with van der Waals surface area (Å²) < 4.78 is 10.3. The van der Waals surface area contributed by atoms with E-state index in [9.17, 15) is 9.59 Å². The molecule has 1 amide bonds. The Morgan fingerprint density at radius 1 is 1.23 bits per heavy atom. The summed E-state index contributed by atoms with van der Waals surface area (Å²) >= 11 is 0. The van der Waals surface area contributed by atoms with Crippen LogP contribution < -0.4 is 0 Å². The topological polar surface area (TPSA) is 55.8 Å². The molecule has 1 heterocycles. The van der Waals surface area contributed by atoms with Crippen LogP contribution in [0.2, 0.25) is 0 Å². The molecule has 1 aliphatic rings. The van der Waals surface area contributed by atoms with Gasteiger partial charge in [-0.2, -0.15) is 0 Å². The third-order valence-corrected chi connectivity index (χ3v) is 3.80. The van der Waals surface area contributed by atoms with Crippen molar-refractivity contribution < 1.29 is 19.1 Å². The third-order valence-electron chi connectivity index (χ3n) is 3.80. The Morgan fingerprint density at radius 3 is 2.73 bits per heavy atom. The van der Waals surface area contributed by atoms with Gasteiger partial charge in [0.2, 0.25) is 0 Å². The van der Waals surface area contributed by atoms with Crippen LogP contribution in [0.1, 0.15) is 38.2 Å². The summed E-state index contributed by atoms with van der Waals surface area (Å²) in [6, 6.07) is 9.69. The zero-order valence-corrected chi connectivity index (χ0v) is 13.0. The first-order chi connectivity index (χ1) is 10.7. The lowest BCUT2D eigenvalue weighted by atomic mass is 10.1. The highest BCUT2D eigenvalue weighted by Gasteiger charge is 2.30. The molecule has 1 fully saturated rings. The van der Waals surface area contributed by atoms with Crippen molar-refractivity contribution in [1.29, 1.82) is 0 Å². The van der Waals surface area contributed by atoms with Crippen LogP contribution in [-0.2, 0) is 20.9 Å². The van der Waals surface area contributed by atoms with E-state index in [0.717, 1.165) is 18.4 Å². The smallest absolute Gasteiger partial charge is 0.410 e. The Labute approximate surface area is 131 Å². The van der Waals surface area contributed by atoms with Crippen LogP contribution in [0.15, 0.2) is 30.3 Å². The quantitative estimate of drug-likeness (QED) is 0.758. The lowest BCUT2D eigenvalue weighted by Crippen LogP contribution is -2.36. The predicted octanol–water partition coefficient (Wildman–Crippen LogP) is 3.13. The van der Waals surface area contributed by atoms with E-state index in [2.05, 4.69) is 0 Å². The van der Waals surface area contributed by atoms with Crippen LogP contribution in [0.3, 0.4) is 0 Å². The molecule has 0 aliphatic carbocycles. The third kappa shape index (κ3) is 4.76. The summed E-state index contributed by atoms with van der Waals surface area (Å²) in [6.45, 7) is 3.16. The maximum Gasteiger partial charge on any atom is 0.410 e. The van der Waals surface area contributed by atoms with Gasteiger partial charge in [0.15, 0.2) is 0 Å². The molecule has 5 nitrogen and oxygen atoms in total. The number of carbonyl (C=O) groups excluding carboxylic acids is 2. The number of hydrogen-bond acceptors (Lipinski definition) is 4. The van der Waals surface area contributed by atoms with Crippen molar-refractivity contribution in [3.05, 3.63) is 35.9 Å². The van der Waals surface area contributed by atoms with Crippen molar-refractivity contribution in [2.45, 2.75) is 45.3 Å². The molecule has 22 heavy (non-hydrogen) atoms. The molecule has 0 bridgehead atoms.